The fourth-order valence-electron chi connectivity index (χ4n) is 2.38. The van der Waals surface area contributed by atoms with Crippen molar-refractivity contribution in [2.75, 3.05) is 17.2 Å². The summed E-state index contributed by atoms with van der Waals surface area (Å²) in [6.07, 6.45) is 3.51. The number of carbonyl (C=O) groups is 2. The molecule has 0 saturated carbocycles. The van der Waals surface area contributed by atoms with Gasteiger partial charge in [0.15, 0.2) is 0 Å². The molecule has 21 heavy (non-hydrogen) atoms. The van der Waals surface area contributed by atoms with Gasteiger partial charge in [-0.1, -0.05) is 19.4 Å². The van der Waals surface area contributed by atoms with Crippen molar-refractivity contribution in [2.24, 2.45) is 0 Å². The van der Waals surface area contributed by atoms with Crippen LogP contribution in [0.2, 0.25) is 0 Å². The van der Waals surface area contributed by atoms with E-state index in [2.05, 4.69) is 16.0 Å². The van der Waals surface area contributed by atoms with Gasteiger partial charge in [0, 0.05) is 17.8 Å². The molecule has 3 N–H and O–H groups in total. The van der Waals surface area contributed by atoms with Crippen LogP contribution in [0.4, 0.5) is 11.4 Å². The summed E-state index contributed by atoms with van der Waals surface area (Å²) in [4.78, 5) is 23.7. The Morgan fingerprint density at radius 3 is 2.76 bits per heavy atom. The first-order valence-corrected chi connectivity index (χ1v) is 7.55. The Morgan fingerprint density at radius 2 is 2.10 bits per heavy atom. The van der Waals surface area contributed by atoms with E-state index in [1.165, 1.54) is 0 Å². The summed E-state index contributed by atoms with van der Waals surface area (Å²) >= 11 is 0. The largest absolute Gasteiger partial charge is 0.326 e. The van der Waals surface area contributed by atoms with E-state index < -0.39 is 0 Å². The second kappa shape index (κ2) is 7.22. The Kier molecular flexibility index (Phi) is 5.33. The maximum atomic E-state index is 12.2. The average molecular weight is 289 g/mol. The lowest BCUT2D eigenvalue weighted by Gasteiger charge is -2.23. The van der Waals surface area contributed by atoms with Gasteiger partial charge in [-0.3, -0.25) is 9.59 Å². The molecule has 1 aromatic rings. The van der Waals surface area contributed by atoms with Crippen molar-refractivity contribution in [1.29, 1.82) is 0 Å². The molecule has 0 bridgehead atoms. The molecule has 5 heteroatoms. The van der Waals surface area contributed by atoms with Crippen LogP contribution in [0.1, 0.15) is 38.2 Å². The van der Waals surface area contributed by atoms with E-state index >= 15 is 0 Å². The molecular weight excluding hydrogens is 266 g/mol. The van der Waals surface area contributed by atoms with E-state index in [9.17, 15) is 9.59 Å². The minimum absolute atomic E-state index is 0.00299. The van der Waals surface area contributed by atoms with Gasteiger partial charge in [0.25, 0.3) is 0 Å². The number of piperidine rings is 1. The lowest BCUT2D eigenvalue weighted by molar-refractivity contribution is -0.118. The number of hydrogen-bond donors (Lipinski definition) is 3. The first kappa shape index (κ1) is 15.5. The molecule has 1 aliphatic rings. The summed E-state index contributed by atoms with van der Waals surface area (Å²) in [5.74, 6) is -0.0400. The molecule has 1 fully saturated rings. The lowest BCUT2D eigenvalue weighted by Crippen LogP contribution is -2.43. The second-order valence-corrected chi connectivity index (χ2v) is 5.42. The summed E-state index contributed by atoms with van der Waals surface area (Å²) in [6.45, 7) is 4.64. The number of hydrogen-bond acceptors (Lipinski definition) is 3. The highest BCUT2D eigenvalue weighted by Crippen LogP contribution is 2.21. The number of rotatable bonds is 4. The molecular formula is C16H23N3O2. The zero-order valence-corrected chi connectivity index (χ0v) is 12.7. The third-order valence-electron chi connectivity index (χ3n) is 3.73. The van der Waals surface area contributed by atoms with Crippen LogP contribution in [0, 0.1) is 6.92 Å². The topological polar surface area (TPSA) is 70.2 Å². The van der Waals surface area contributed by atoms with Crippen molar-refractivity contribution in [3.8, 4) is 0 Å². The fraction of sp³-hybridized carbons (Fsp3) is 0.500. The molecule has 0 aliphatic carbocycles. The van der Waals surface area contributed by atoms with Gasteiger partial charge in [0.05, 0.1) is 6.04 Å². The Morgan fingerprint density at radius 1 is 1.29 bits per heavy atom. The average Bonchev–Trinajstić information content (AvgIpc) is 2.51. The molecule has 1 atom stereocenters. The third-order valence-corrected chi connectivity index (χ3v) is 3.73. The second-order valence-electron chi connectivity index (χ2n) is 5.42. The van der Waals surface area contributed by atoms with Gasteiger partial charge in [-0.25, -0.2) is 0 Å². The Hall–Kier alpha value is -1.88. The van der Waals surface area contributed by atoms with Crippen LogP contribution in [0.3, 0.4) is 0 Å². The maximum absolute atomic E-state index is 12.2. The normalized spacial score (nSPS) is 18.1. The van der Waals surface area contributed by atoms with Gasteiger partial charge in [0.1, 0.15) is 0 Å². The summed E-state index contributed by atoms with van der Waals surface area (Å²) in [5, 5.41) is 9.00. The smallest absolute Gasteiger partial charge is 0.241 e. The van der Waals surface area contributed by atoms with Gasteiger partial charge >= 0.3 is 0 Å². The lowest BCUT2D eigenvalue weighted by atomic mass is 10.0. The summed E-state index contributed by atoms with van der Waals surface area (Å²) < 4.78 is 0. The van der Waals surface area contributed by atoms with Crippen molar-refractivity contribution < 1.29 is 9.59 Å². The summed E-state index contributed by atoms with van der Waals surface area (Å²) in [6, 6.07) is 5.43. The first-order chi connectivity index (χ1) is 10.1. The molecule has 0 unspecified atom stereocenters. The van der Waals surface area contributed by atoms with Crippen molar-refractivity contribution in [2.45, 2.75) is 45.6 Å². The zero-order valence-electron chi connectivity index (χ0n) is 12.7. The number of anilines is 2. The van der Waals surface area contributed by atoms with E-state index in [-0.39, 0.29) is 17.9 Å². The number of amides is 2. The molecule has 1 heterocycles. The van der Waals surface area contributed by atoms with Crippen LogP contribution < -0.4 is 16.0 Å². The van der Waals surface area contributed by atoms with Crippen LogP contribution in [0.15, 0.2) is 18.2 Å². The van der Waals surface area contributed by atoms with Gasteiger partial charge in [-0.15, -0.1) is 0 Å². The van der Waals surface area contributed by atoms with Crippen molar-refractivity contribution in [3.63, 3.8) is 0 Å². The Labute approximate surface area is 125 Å². The number of carbonyl (C=O) groups excluding carboxylic acids is 2. The van der Waals surface area contributed by atoms with Crippen molar-refractivity contribution in [1.82, 2.24) is 5.32 Å². The quantitative estimate of drug-likeness (QED) is 0.797. The zero-order chi connectivity index (χ0) is 15.2. The highest BCUT2D eigenvalue weighted by Gasteiger charge is 2.20. The molecule has 2 rings (SSSR count). The van der Waals surface area contributed by atoms with E-state index in [0.29, 0.717) is 12.1 Å². The van der Waals surface area contributed by atoms with E-state index in [0.717, 1.165) is 37.1 Å². The molecule has 0 aromatic heterocycles. The number of nitrogens with one attached hydrogen (secondary N) is 3. The predicted octanol–water partition coefficient (Wildman–Crippen LogP) is 2.42. The Balaban J connectivity index is 2.05. The van der Waals surface area contributed by atoms with Crippen LogP contribution in [0.5, 0.6) is 0 Å². The summed E-state index contributed by atoms with van der Waals surface area (Å²) in [5.41, 5.74) is 2.44. The van der Waals surface area contributed by atoms with Crippen LogP contribution in [0.25, 0.3) is 0 Å². The van der Waals surface area contributed by atoms with Gasteiger partial charge in [0.2, 0.25) is 11.8 Å². The monoisotopic (exact) mass is 289 g/mol. The van der Waals surface area contributed by atoms with E-state index in [4.69, 9.17) is 0 Å². The molecule has 1 saturated heterocycles. The predicted molar refractivity (Wildman–Crippen MR) is 84.4 cm³/mol. The minimum atomic E-state index is -0.118. The highest BCUT2D eigenvalue weighted by molar-refractivity contribution is 5.97. The van der Waals surface area contributed by atoms with Crippen LogP contribution in [-0.4, -0.2) is 24.4 Å². The molecule has 0 radical (unpaired) electrons. The van der Waals surface area contributed by atoms with Crippen LogP contribution >= 0.6 is 0 Å². The molecule has 2 amide bonds. The number of aryl methyl sites for hydroxylation is 1. The minimum Gasteiger partial charge on any atom is -0.326 e. The van der Waals surface area contributed by atoms with Gasteiger partial charge < -0.3 is 16.0 Å². The van der Waals surface area contributed by atoms with E-state index in [1.54, 1.807) is 6.92 Å². The third kappa shape index (κ3) is 4.29. The van der Waals surface area contributed by atoms with Crippen molar-refractivity contribution in [3.05, 3.63) is 23.8 Å². The Bertz CT molecular complexity index is 522. The van der Waals surface area contributed by atoms with Crippen molar-refractivity contribution >= 4 is 23.2 Å². The standard InChI is InChI=1S/C16H23N3O2/c1-3-15(20)18-12-8-7-11(2)14(10-12)19-16(21)13-6-4-5-9-17-13/h7-8,10,13,17H,3-6,9H2,1-2H3,(H,18,20)(H,19,21)/t13-/m0/s1. The molecule has 1 aromatic carbocycles. The van der Waals surface area contributed by atoms with Crippen LogP contribution in [-0.2, 0) is 9.59 Å². The SMILES string of the molecule is CCC(=O)Nc1ccc(C)c(NC(=O)[C@@H]2CCCCN2)c1. The summed E-state index contributed by atoms with van der Waals surface area (Å²) in [7, 11) is 0. The van der Waals surface area contributed by atoms with Gasteiger partial charge in [-0.2, -0.15) is 0 Å². The van der Waals surface area contributed by atoms with E-state index in [1.807, 2.05) is 25.1 Å². The molecule has 1 aliphatic heterocycles. The van der Waals surface area contributed by atoms with Gasteiger partial charge in [-0.05, 0) is 44.0 Å². The number of benzene rings is 1. The maximum Gasteiger partial charge on any atom is 0.241 e. The molecule has 114 valence electrons. The molecule has 0 spiro atoms. The fourth-order valence-corrected chi connectivity index (χ4v) is 2.38. The first-order valence-electron chi connectivity index (χ1n) is 7.55. The molecule has 5 nitrogen and oxygen atoms in total. The highest BCUT2D eigenvalue weighted by atomic mass is 16.2.